The number of sulfone groups is 1. The molecule has 1 amide bonds. The summed E-state index contributed by atoms with van der Waals surface area (Å²) in [5.41, 5.74) is 1.62. The van der Waals surface area contributed by atoms with Crippen LogP contribution in [0.3, 0.4) is 0 Å². The van der Waals surface area contributed by atoms with Crippen LogP contribution in [0.15, 0.2) is 48.5 Å². The second kappa shape index (κ2) is 7.23. The molecular formula is C20H21NO5S. The van der Waals surface area contributed by atoms with E-state index in [0.717, 1.165) is 11.1 Å². The third-order valence-electron chi connectivity index (χ3n) is 5.06. The fourth-order valence-corrected chi connectivity index (χ4v) is 5.37. The van der Waals surface area contributed by atoms with Gasteiger partial charge in [-0.1, -0.05) is 36.4 Å². The number of carbonyl (C=O) groups is 1. The minimum Gasteiger partial charge on any atom is -0.454 e. The summed E-state index contributed by atoms with van der Waals surface area (Å²) in [6.45, 7) is 0.856. The van der Waals surface area contributed by atoms with E-state index in [1.807, 2.05) is 42.5 Å². The maximum absolute atomic E-state index is 12.7. The lowest BCUT2D eigenvalue weighted by Gasteiger charge is -2.20. The molecule has 2 aliphatic heterocycles. The molecule has 2 heterocycles. The number of benzene rings is 2. The van der Waals surface area contributed by atoms with Crippen LogP contribution in [0.2, 0.25) is 0 Å². The molecule has 1 fully saturated rings. The maximum atomic E-state index is 12.7. The molecule has 0 aromatic heterocycles. The quantitative estimate of drug-likeness (QED) is 0.808. The van der Waals surface area contributed by atoms with Gasteiger partial charge in [0.15, 0.2) is 21.3 Å². The van der Waals surface area contributed by atoms with Crippen LogP contribution in [-0.2, 0) is 21.1 Å². The highest BCUT2D eigenvalue weighted by Gasteiger charge is 2.32. The minimum atomic E-state index is -3.29. The number of hydrogen-bond acceptors (Lipinski definition) is 5. The molecule has 142 valence electrons. The first kappa shape index (κ1) is 17.9. The van der Waals surface area contributed by atoms with E-state index in [1.165, 1.54) is 0 Å². The van der Waals surface area contributed by atoms with Gasteiger partial charge in [0.25, 0.3) is 0 Å². The molecule has 7 heteroatoms. The van der Waals surface area contributed by atoms with Crippen LogP contribution in [0.25, 0.3) is 0 Å². The minimum absolute atomic E-state index is 0.0144. The van der Waals surface area contributed by atoms with Gasteiger partial charge in [-0.2, -0.15) is 0 Å². The van der Waals surface area contributed by atoms with Gasteiger partial charge in [0.2, 0.25) is 12.7 Å². The van der Waals surface area contributed by atoms with Crippen molar-refractivity contribution >= 4 is 15.7 Å². The van der Waals surface area contributed by atoms with Crippen molar-refractivity contribution in [3.05, 3.63) is 59.7 Å². The van der Waals surface area contributed by atoms with Gasteiger partial charge in [-0.15, -0.1) is 0 Å². The molecule has 2 aromatic rings. The van der Waals surface area contributed by atoms with E-state index in [4.69, 9.17) is 9.47 Å². The molecule has 0 aliphatic carbocycles. The van der Waals surface area contributed by atoms with Gasteiger partial charge in [0, 0.05) is 13.1 Å². The molecular weight excluding hydrogens is 366 g/mol. The van der Waals surface area contributed by atoms with Crippen molar-refractivity contribution in [2.24, 2.45) is 0 Å². The molecule has 0 saturated carbocycles. The zero-order valence-corrected chi connectivity index (χ0v) is 15.7. The van der Waals surface area contributed by atoms with Gasteiger partial charge >= 0.3 is 0 Å². The Morgan fingerprint density at radius 1 is 1.04 bits per heavy atom. The fraction of sp³-hybridized carbons (Fsp3) is 0.350. The highest BCUT2D eigenvalue weighted by Crippen LogP contribution is 2.33. The molecule has 0 N–H and O–H groups in total. The van der Waals surface area contributed by atoms with E-state index < -0.39 is 15.1 Å². The van der Waals surface area contributed by atoms with Crippen LogP contribution in [0.1, 0.15) is 22.8 Å². The summed E-state index contributed by atoms with van der Waals surface area (Å²) in [6.07, 6.45) is 0.631. The van der Waals surface area contributed by atoms with Crippen molar-refractivity contribution in [2.75, 3.05) is 25.6 Å². The predicted molar refractivity (Wildman–Crippen MR) is 100 cm³/mol. The molecule has 6 nitrogen and oxygen atoms in total. The lowest BCUT2D eigenvalue weighted by Crippen LogP contribution is -2.34. The van der Waals surface area contributed by atoms with Gasteiger partial charge in [0.05, 0.1) is 17.4 Å². The lowest BCUT2D eigenvalue weighted by atomic mass is 10.1. The molecule has 2 aliphatic rings. The normalized spacial score (nSPS) is 20.9. The Kier molecular flexibility index (Phi) is 4.78. The number of rotatable bonds is 3. The molecule has 1 saturated heterocycles. The van der Waals surface area contributed by atoms with Gasteiger partial charge in [0.1, 0.15) is 0 Å². The Bertz CT molecular complexity index is 942. The van der Waals surface area contributed by atoms with Crippen LogP contribution in [0.5, 0.6) is 11.5 Å². The zero-order chi connectivity index (χ0) is 18.9. The van der Waals surface area contributed by atoms with Crippen molar-refractivity contribution < 1.29 is 22.7 Å². The van der Waals surface area contributed by atoms with E-state index >= 15 is 0 Å². The SMILES string of the molecule is O=C(Cc1ccc2c(c1)OCO2)N1CC[C@@H](c2ccccc2)S(=O)(=O)CC1. The van der Waals surface area contributed by atoms with Crippen molar-refractivity contribution in [1.29, 1.82) is 0 Å². The van der Waals surface area contributed by atoms with Gasteiger partial charge < -0.3 is 14.4 Å². The summed E-state index contributed by atoms with van der Waals surface area (Å²) < 4.78 is 36.0. The molecule has 1 atom stereocenters. The Hall–Kier alpha value is -2.54. The largest absolute Gasteiger partial charge is 0.454 e. The summed E-state index contributed by atoms with van der Waals surface area (Å²) in [5, 5.41) is -0.554. The number of fused-ring (bicyclic) bond motifs is 1. The third-order valence-corrected chi connectivity index (χ3v) is 7.18. The maximum Gasteiger partial charge on any atom is 0.231 e. The van der Waals surface area contributed by atoms with Crippen LogP contribution in [0, 0.1) is 0 Å². The Labute approximate surface area is 158 Å². The average molecular weight is 387 g/mol. The number of ether oxygens (including phenoxy) is 2. The second-order valence-electron chi connectivity index (χ2n) is 6.80. The Morgan fingerprint density at radius 3 is 2.63 bits per heavy atom. The molecule has 4 rings (SSSR count). The summed E-state index contributed by atoms with van der Waals surface area (Å²) in [5.74, 6) is 1.23. The number of amides is 1. The first-order valence-electron chi connectivity index (χ1n) is 8.96. The Balaban J connectivity index is 1.46. The van der Waals surface area contributed by atoms with Crippen molar-refractivity contribution in [3.63, 3.8) is 0 Å². The standard InChI is InChI=1S/C20H21NO5S/c22-20(13-15-6-7-17-18(12-15)26-14-25-17)21-9-8-19(27(23,24)11-10-21)16-4-2-1-3-5-16/h1-7,12,19H,8-11,13-14H2/t19-/m0/s1. The average Bonchev–Trinajstić information content (AvgIpc) is 3.06. The van der Waals surface area contributed by atoms with Crippen LogP contribution in [-0.4, -0.2) is 44.9 Å². The molecule has 2 aromatic carbocycles. The second-order valence-corrected chi connectivity index (χ2v) is 9.10. The molecule has 27 heavy (non-hydrogen) atoms. The molecule has 0 unspecified atom stereocenters. The highest BCUT2D eigenvalue weighted by atomic mass is 32.2. The summed E-state index contributed by atoms with van der Waals surface area (Å²) in [7, 11) is -3.29. The summed E-state index contributed by atoms with van der Waals surface area (Å²) >= 11 is 0. The topological polar surface area (TPSA) is 72.9 Å². The van der Waals surface area contributed by atoms with Crippen LogP contribution in [0.4, 0.5) is 0 Å². The fourth-order valence-electron chi connectivity index (χ4n) is 3.57. The van der Waals surface area contributed by atoms with Crippen molar-refractivity contribution in [3.8, 4) is 11.5 Å². The number of hydrogen-bond donors (Lipinski definition) is 0. The monoisotopic (exact) mass is 387 g/mol. The van der Waals surface area contributed by atoms with E-state index in [0.29, 0.717) is 24.5 Å². The lowest BCUT2D eigenvalue weighted by molar-refractivity contribution is -0.130. The number of nitrogens with zero attached hydrogens (tertiary/aromatic N) is 1. The zero-order valence-electron chi connectivity index (χ0n) is 14.8. The van der Waals surface area contributed by atoms with Gasteiger partial charge in [-0.3, -0.25) is 4.79 Å². The van der Waals surface area contributed by atoms with E-state index in [-0.39, 0.29) is 31.4 Å². The third kappa shape index (κ3) is 3.78. The Morgan fingerprint density at radius 2 is 1.81 bits per heavy atom. The van der Waals surface area contributed by atoms with E-state index in [1.54, 1.807) is 11.0 Å². The van der Waals surface area contributed by atoms with Crippen LogP contribution < -0.4 is 9.47 Å². The predicted octanol–water partition coefficient (Wildman–Crippen LogP) is 2.35. The highest BCUT2D eigenvalue weighted by molar-refractivity contribution is 7.91. The van der Waals surface area contributed by atoms with Crippen molar-refractivity contribution in [1.82, 2.24) is 4.90 Å². The smallest absolute Gasteiger partial charge is 0.231 e. The van der Waals surface area contributed by atoms with Gasteiger partial charge in [-0.05, 0) is 29.7 Å². The first-order chi connectivity index (χ1) is 13.0. The number of carbonyl (C=O) groups excluding carboxylic acids is 1. The van der Waals surface area contributed by atoms with Crippen LogP contribution >= 0.6 is 0 Å². The molecule has 0 bridgehead atoms. The first-order valence-corrected chi connectivity index (χ1v) is 10.7. The summed E-state index contributed by atoms with van der Waals surface area (Å²) in [6, 6.07) is 14.7. The van der Waals surface area contributed by atoms with E-state index in [2.05, 4.69) is 0 Å². The molecule has 0 spiro atoms. The summed E-state index contributed by atoms with van der Waals surface area (Å²) in [4.78, 5) is 14.4. The van der Waals surface area contributed by atoms with E-state index in [9.17, 15) is 13.2 Å². The molecule has 0 radical (unpaired) electrons. The van der Waals surface area contributed by atoms with Crippen molar-refractivity contribution in [2.45, 2.75) is 18.1 Å². The van der Waals surface area contributed by atoms with Gasteiger partial charge in [-0.25, -0.2) is 8.42 Å².